The molecule has 0 aromatic carbocycles. The van der Waals surface area contributed by atoms with E-state index in [-0.39, 0.29) is 6.10 Å². The van der Waals surface area contributed by atoms with Gasteiger partial charge >= 0.3 is 0 Å². The molecular weight excluding hydrogens is 136 g/mol. The molecule has 1 nitrogen and oxygen atoms in total. The summed E-state index contributed by atoms with van der Waals surface area (Å²) in [6.45, 7) is 3.44. The van der Waals surface area contributed by atoms with Gasteiger partial charge in [0.05, 0.1) is 0 Å². The lowest BCUT2D eigenvalue weighted by atomic mass is 10.1. The number of hydrogen-bond acceptors (Lipinski definition) is 1. The van der Waals surface area contributed by atoms with Crippen LogP contribution in [0, 0.1) is 5.92 Å². The zero-order valence-corrected chi connectivity index (χ0v) is 7.51. The third kappa shape index (κ3) is 3.06. The van der Waals surface area contributed by atoms with Crippen LogP contribution in [-0.2, 0) is 0 Å². The maximum Gasteiger partial charge on any atom is 0.0483 e. The topological polar surface area (TPSA) is 20.2 Å². The Bertz CT molecular complexity index is 144. The van der Waals surface area contributed by atoms with Crippen molar-refractivity contribution in [2.75, 3.05) is 0 Å². The average molecular weight is 154 g/mol. The summed E-state index contributed by atoms with van der Waals surface area (Å²) in [4.78, 5) is 0. The Balaban J connectivity index is 0.000000134. The molecule has 1 atom stereocenters. The summed E-state index contributed by atoms with van der Waals surface area (Å²) in [6.07, 6.45) is 8.01. The van der Waals surface area contributed by atoms with Gasteiger partial charge in [-0.05, 0) is 45.4 Å². The van der Waals surface area contributed by atoms with E-state index in [0.717, 1.165) is 5.92 Å². The number of allylic oxidation sites excluding steroid dienone is 2. The molecule has 2 bridgehead atoms. The summed E-state index contributed by atoms with van der Waals surface area (Å²) in [5.74, 6) is 1.08. The number of fused-ring (bicyclic) bond motifs is 2. The van der Waals surface area contributed by atoms with Crippen LogP contribution in [0.5, 0.6) is 0 Å². The van der Waals surface area contributed by atoms with Crippen LogP contribution in [0.3, 0.4) is 0 Å². The SMILES string of the molecule is C1=C2CCC(C1)C2.CC(C)O. The number of aliphatic hydroxyl groups is 1. The molecule has 11 heavy (non-hydrogen) atoms. The first kappa shape index (κ1) is 8.79. The van der Waals surface area contributed by atoms with Gasteiger partial charge in [0.2, 0.25) is 0 Å². The van der Waals surface area contributed by atoms with Crippen LogP contribution in [0.1, 0.15) is 39.5 Å². The van der Waals surface area contributed by atoms with Crippen molar-refractivity contribution in [1.29, 1.82) is 0 Å². The molecule has 0 amide bonds. The van der Waals surface area contributed by atoms with Crippen molar-refractivity contribution in [3.8, 4) is 0 Å². The zero-order chi connectivity index (χ0) is 8.27. The second-order valence-corrected chi connectivity index (χ2v) is 3.80. The minimum atomic E-state index is -0.167. The van der Waals surface area contributed by atoms with Crippen molar-refractivity contribution in [3.63, 3.8) is 0 Å². The lowest BCUT2D eigenvalue weighted by Gasteiger charge is -1.98. The van der Waals surface area contributed by atoms with Crippen LogP contribution in [0.25, 0.3) is 0 Å². The fourth-order valence-corrected chi connectivity index (χ4v) is 1.68. The molecule has 2 rings (SSSR count). The lowest BCUT2D eigenvalue weighted by molar-refractivity contribution is 0.216. The van der Waals surface area contributed by atoms with Gasteiger partial charge in [0.15, 0.2) is 0 Å². The summed E-state index contributed by atoms with van der Waals surface area (Å²) < 4.78 is 0. The average Bonchev–Trinajstić information content (AvgIpc) is 2.45. The molecule has 1 fully saturated rings. The highest BCUT2D eigenvalue weighted by Crippen LogP contribution is 2.38. The minimum absolute atomic E-state index is 0.167. The fourth-order valence-electron chi connectivity index (χ4n) is 1.68. The van der Waals surface area contributed by atoms with Gasteiger partial charge in [-0.1, -0.05) is 11.6 Å². The predicted octanol–water partition coefficient (Wildman–Crippen LogP) is 2.50. The summed E-state index contributed by atoms with van der Waals surface area (Å²) in [6, 6.07) is 0. The second kappa shape index (κ2) is 3.91. The summed E-state index contributed by atoms with van der Waals surface area (Å²) >= 11 is 0. The normalized spacial score (nSPS) is 26.5. The molecule has 0 aromatic rings. The molecule has 0 aromatic heterocycles. The van der Waals surface area contributed by atoms with Gasteiger partial charge < -0.3 is 5.11 Å². The fraction of sp³-hybridized carbons (Fsp3) is 0.800. The molecule has 1 unspecified atom stereocenters. The maximum atomic E-state index is 8.06. The molecule has 0 heterocycles. The van der Waals surface area contributed by atoms with E-state index in [4.69, 9.17) is 5.11 Å². The molecule has 0 spiro atoms. The van der Waals surface area contributed by atoms with Crippen molar-refractivity contribution in [2.24, 2.45) is 5.92 Å². The Morgan fingerprint density at radius 1 is 1.55 bits per heavy atom. The van der Waals surface area contributed by atoms with E-state index in [9.17, 15) is 0 Å². The highest BCUT2D eigenvalue weighted by molar-refractivity contribution is 5.15. The predicted molar refractivity (Wildman–Crippen MR) is 47.4 cm³/mol. The van der Waals surface area contributed by atoms with Crippen LogP contribution in [-0.4, -0.2) is 11.2 Å². The van der Waals surface area contributed by atoms with E-state index < -0.39 is 0 Å². The molecule has 0 radical (unpaired) electrons. The monoisotopic (exact) mass is 154 g/mol. The number of hydrogen-bond donors (Lipinski definition) is 1. The maximum absolute atomic E-state index is 8.06. The largest absolute Gasteiger partial charge is 0.394 e. The van der Waals surface area contributed by atoms with Gasteiger partial charge in [-0.3, -0.25) is 0 Å². The van der Waals surface area contributed by atoms with Crippen LogP contribution in [0.4, 0.5) is 0 Å². The standard InChI is InChI=1S/C7H10.C3H8O/c1-2-7-4-3-6(1)5-7;1-3(2)4/h1,7H,2-5H2;3-4H,1-2H3. The summed E-state index contributed by atoms with van der Waals surface area (Å²) in [7, 11) is 0. The molecule has 1 saturated carbocycles. The molecule has 2 aliphatic rings. The van der Waals surface area contributed by atoms with Crippen LogP contribution in [0.2, 0.25) is 0 Å². The van der Waals surface area contributed by atoms with E-state index in [0.29, 0.717) is 0 Å². The Hall–Kier alpha value is -0.300. The van der Waals surface area contributed by atoms with Crippen LogP contribution in [0.15, 0.2) is 11.6 Å². The van der Waals surface area contributed by atoms with E-state index in [1.165, 1.54) is 25.7 Å². The molecule has 0 aliphatic heterocycles. The van der Waals surface area contributed by atoms with Crippen LogP contribution >= 0.6 is 0 Å². The van der Waals surface area contributed by atoms with Crippen molar-refractivity contribution < 1.29 is 5.11 Å². The smallest absolute Gasteiger partial charge is 0.0483 e. The molecule has 2 aliphatic carbocycles. The van der Waals surface area contributed by atoms with Crippen molar-refractivity contribution >= 4 is 0 Å². The number of rotatable bonds is 0. The zero-order valence-electron chi connectivity index (χ0n) is 7.51. The quantitative estimate of drug-likeness (QED) is 0.531. The Morgan fingerprint density at radius 2 is 2.18 bits per heavy atom. The van der Waals surface area contributed by atoms with Gasteiger partial charge in [-0.15, -0.1) is 0 Å². The first-order valence-electron chi connectivity index (χ1n) is 4.54. The molecule has 0 saturated heterocycles. The van der Waals surface area contributed by atoms with Gasteiger partial charge in [0.25, 0.3) is 0 Å². The van der Waals surface area contributed by atoms with Gasteiger partial charge in [0.1, 0.15) is 0 Å². The van der Waals surface area contributed by atoms with E-state index >= 15 is 0 Å². The molecule has 1 N–H and O–H groups in total. The first-order chi connectivity index (χ1) is 5.18. The van der Waals surface area contributed by atoms with E-state index in [1.54, 1.807) is 19.4 Å². The lowest BCUT2D eigenvalue weighted by Crippen LogP contribution is -1.85. The highest BCUT2D eigenvalue weighted by Gasteiger charge is 2.22. The third-order valence-electron chi connectivity index (χ3n) is 2.16. The van der Waals surface area contributed by atoms with Crippen LogP contribution < -0.4 is 0 Å². The van der Waals surface area contributed by atoms with Crippen molar-refractivity contribution in [2.45, 2.75) is 45.6 Å². The Kier molecular flexibility index (Phi) is 3.13. The number of aliphatic hydroxyl groups excluding tert-OH is 1. The third-order valence-corrected chi connectivity index (χ3v) is 2.16. The van der Waals surface area contributed by atoms with Crippen molar-refractivity contribution in [3.05, 3.63) is 11.6 Å². The molecule has 64 valence electrons. The van der Waals surface area contributed by atoms with E-state index in [2.05, 4.69) is 6.08 Å². The first-order valence-corrected chi connectivity index (χ1v) is 4.54. The molecule has 1 heteroatoms. The highest BCUT2D eigenvalue weighted by atomic mass is 16.3. The van der Waals surface area contributed by atoms with Gasteiger partial charge in [-0.2, -0.15) is 0 Å². The van der Waals surface area contributed by atoms with Gasteiger partial charge in [0, 0.05) is 6.10 Å². The molecular formula is C10H18O. The van der Waals surface area contributed by atoms with Gasteiger partial charge in [-0.25, -0.2) is 0 Å². The minimum Gasteiger partial charge on any atom is -0.394 e. The summed E-state index contributed by atoms with van der Waals surface area (Å²) in [5.41, 5.74) is 1.74. The Labute approximate surface area is 69.1 Å². The Morgan fingerprint density at radius 3 is 2.27 bits per heavy atom. The van der Waals surface area contributed by atoms with E-state index in [1.807, 2.05) is 0 Å². The second-order valence-electron chi connectivity index (χ2n) is 3.80. The summed E-state index contributed by atoms with van der Waals surface area (Å²) in [5, 5.41) is 8.06. The van der Waals surface area contributed by atoms with Crippen molar-refractivity contribution in [1.82, 2.24) is 0 Å².